The average Bonchev–Trinajstić information content (AvgIpc) is 3.18. The van der Waals surface area contributed by atoms with Crippen LogP contribution in [0.1, 0.15) is 39.1 Å². The van der Waals surface area contributed by atoms with Crippen molar-refractivity contribution >= 4 is 29.7 Å². The Bertz CT molecular complexity index is 2060. The van der Waals surface area contributed by atoms with Crippen LogP contribution in [0.5, 0.6) is 23.1 Å². The molecular weight excluding hydrogens is 686 g/mol. The van der Waals surface area contributed by atoms with Gasteiger partial charge in [0, 0.05) is 50.6 Å². The van der Waals surface area contributed by atoms with Crippen LogP contribution in [0.25, 0.3) is 12.2 Å². The minimum atomic E-state index is -0.0248. The Balaban J connectivity index is 0.929. The fraction of sp³-hybridized carbons (Fsp3) is 0.209. The van der Waals surface area contributed by atoms with Gasteiger partial charge in [0.05, 0.1) is 29.0 Å². The van der Waals surface area contributed by atoms with Crippen LogP contribution in [-0.4, -0.2) is 58.5 Å². The number of piperazine rings is 1. The number of ether oxygens (including phenoxy) is 3. The van der Waals surface area contributed by atoms with Crippen molar-refractivity contribution in [2.45, 2.75) is 27.0 Å². The van der Waals surface area contributed by atoms with Crippen molar-refractivity contribution in [2.24, 2.45) is 0 Å². The molecule has 0 bridgehead atoms. The third kappa shape index (κ3) is 10.8. The standard InChI is InChI=1S/C43H40ClN5O4/c1-31-24-37(25-40(44)43(31)53-41-17-16-39(28-47-41)52-30-36-12-8-34(26-45)9-13-36)14-18-42(50)49-21-19-48(20-22-49)29-35-10-6-33(7-11-35)4-3-23-51-38-15-5-32(2)46-27-38/h3-18,24-25,27-28H,19-23,29-30H2,1-2H3. The van der Waals surface area contributed by atoms with Gasteiger partial charge in [-0.2, -0.15) is 5.26 Å². The summed E-state index contributed by atoms with van der Waals surface area (Å²) in [7, 11) is 0. The van der Waals surface area contributed by atoms with Crippen molar-refractivity contribution in [1.29, 1.82) is 5.26 Å². The van der Waals surface area contributed by atoms with Gasteiger partial charge in [-0.25, -0.2) is 4.98 Å². The SMILES string of the molecule is Cc1ccc(OCC=Cc2ccc(CN3CCN(C(=O)C=Cc4cc(C)c(Oc5ccc(OCc6ccc(C#N)cc6)cn5)c(Cl)c4)CC3)cc2)cn1. The number of hydrogen-bond donors (Lipinski definition) is 0. The largest absolute Gasteiger partial charge is 0.488 e. The van der Waals surface area contributed by atoms with Crippen molar-refractivity contribution in [1.82, 2.24) is 19.8 Å². The lowest BCUT2D eigenvalue weighted by Gasteiger charge is -2.34. The van der Waals surface area contributed by atoms with Gasteiger partial charge in [-0.3, -0.25) is 14.7 Å². The van der Waals surface area contributed by atoms with Gasteiger partial charge < -0.3 is 19.1 Å². The van der Waals surface area contributed by atoms with E-state index in [0.29, 0.717) is 54.3 Å². The van der Waals surface area contributed by atoms with Crippen LogP contribution in [0.4, 0.5) is 0 Å². The summed E-state index contributed by atoms with van der Waals surface area (Å²) >= 11 is 6.62. The smallest absolute Gasteiger partial charge is 0.246 e. The molecule has 0 aliphatic carbocycles. The Morgan fingerprint density at radius 1 is 0.830 bits per heavy atom. The lowest BCUT2D eigenvalue weighted by molar-refractivity contribution is -0.127. The van der Waals surface area contributed by atoms with Gasteiger partial charge in [0.2, 0.25) is 11.8 Å². The molecule has 2 aromatic heterocycles. The highest BCUT2D eigenvalue weighted by Crippen LogP contribution is 2.34. The van der Waals surface area contributed by atoms with Gasteiger partial charge in [0.1, 0.15) is 24.7 Å². The van der Waals surface area contributed by atoms with Crippen LogP contribution >= 0.6 is 11.6 Å². The number of rotatable bonds is 13. The van der Waals surface area contributed by atoms with E-state index in [1.807, 2.05) is 55.2 Å². The first-order valence-corrected chi connectivity index (χ1v) is 17.8. The quantitative estimate of drug-likeness (QED) is 0.112. The number of nitrogens with zero attached hydrogens (tertiary/aromatic N) is 5. The van der Waals surface area contributed by atoms with Crippen LogP contribution in [0, 0.1) is 25.2 Å². The number of hydrogen-bond acceptors (Lipinski definition) is 8. The highest BCUT2D eigenvalue weighted by Gasteiger charge is 2.20. The van der Waals surface area contributed by atoms with Crippen molar-refractivity contribution in [3.63, 3.8) is 0 Å². The van der Waals surface area contributed by atoms with E-state index in [1.54, 1.807) is 54.9 Å². The molecule has 0 spiro atoms. The molecule has 3 heterocycles. The van der Waals surface area contributed by atoms with Gasteiger partial charge in [-0.05, 0) is 96.3 Å². The number of carbonyl (C=O) groups excluding carboxylic acids is 1. The molecular formula is C43H40ClN5O4. The zero-order valence-corrected chi connectivity index (χ0v) is 30.5. The highest BCUT2D eigenvalue weighted by atomic mass is 35.5. The van der Waals surface area contributed by atoms with E-state index in [9.17, 15) is 4.79 Å². The third-order valence-corrected chi connectivity index (χ3v) is 8.97. The Labute approximate surface area is 315 Å². The molecule has 268 valence electrons. The fourth-order valence-electron chi connectivity index (χ4n) is 5.70. The first-order valence-electron chi connectivity index (χ1n) is 17.4. The molecule has 0 unspecified atom stereocenters. The van der Waals surface area contributed by atoms with Crippen molar-refractivity contribution < 1.29 is 19.0 Å². The van der Waals surface area contributed by atoms with Crippen molar-refractivity contribution in [2.75, 3.05) is 32.8 Å². The normalized spacial score (nSPS) is 13.3. The topological polar surface area (TPSA) is 101 Å². The predicted molar refractivity (Wildman–Crippen MR) is 207 cm³/mol. The first-order chi connectivity index (χ1) is 25.8. The number of halogens is 1. The van der Waals surface area contributed by atoms with E-state index in [4.69, 9.17) is 31.1 Å². The molecule has 1 amide bonds. The molecule has 0 saturated carbocycles. The van der Waals surface area contributed by atoms with E-state index in [2.05, 4.69) is 51.3 Å². The summed E-state index contributed by atoms with van der Waals surface area (Å²) in [4.78, 5) is 25.9. The number of carbonyl (C=O) groups is 1. The minimum absolute atomic E-state index is 0.0248. The van der Waals surface area contributed by atoms with E-state index >= 15 is 0 Å². The van der Waals surface area contributed by atoms with E-state index in [0.717, 1.165) is 53.3 Å². The molecule has 10 heteroatoms. The maximum Gasteiger partial charge on any atom is 0.246 e. The van der Waals surface area contributed by atoms with Gasteiger partial charge in [-0.1, -0.05) is 54.1 Å². The van der Waals surface area contributed by atoms with Crippen LogP contribution in [0.15, 0.2) is 109 Å². The number of amides is 1. The summed E-state index contributed by atoms with van der Waals surface area (Å²) in [6.45, 7) is 8.47. The Morgan fingerprint density at radius 3 is 2.23 bits per heavy atom. The Morgan fingerprint density at radius 2 is 1.55 bits per heavy atom. The second kappa shape index (κ2) is 18.0. The van der Waals surface area contributed by atoms with Crippen LogP contribution in [0.2, 0.25) is 5.02 Å². The lowest BCUT2D eigenvalue weighted by Crippen LogP contribution is -2.47. The molecule has 1 fully saturated rings. The summed E-state index contributed by atoms with van der Waals surface area (Å²) in [6.07, 6.45) is 10.8. The maximum absolute atomic E-state index is 13.0. The monoisotopic (exact) mass is 725 g/mol. The number of aryl methyl sites for hydroxylation is 2. The van der Waals surface area contributed by atoms with Gasteiger partial charge >= 0.3 is 0 Å². The predicted octanol–water partition coefficient (Wildman–Crippen LogP) is 8.44. The average molecular weight is 726 g/mol. The summed E-state index contributed by atoms with van der Waals surface area (Å²) in [5.74, 6) is 2.19. The molecule has 9 nitrogen and oxygen atoms in total. The van der Waals surface area contributed by atoms with Crippen LogP contribution < -0.4 is 14.2 Å². The van der Waals surface area contributed by atoms with Gasteiger partial charge in [0.15, 0.2) is 5.75 Å². The van der Waals surface area contributed by atoms with Gasteiger partial charge in [-0.15, -0.1) is 0 Å². The molecule has 0 N–H and O–H groups in total. The zero-order valence-electron chi connectivity index (χ0n) is 29.7. The fourth-order valence-corrected chi connectivity index (χ4v) is 6.02. The summed E-state index contributed by atoms with van der Waals surface area (Å²) < 4.78 is 17.5. The van der Waals surface area contributed by atoms with Crippen molar-refractivity contribution in [3.8, 4) is 29.2 Å². The van der Waals surface area contributed by atoms with Crippen molar-refractivity contribution in [3.05, 3.63) is 154 Å². The minimum Gasteiger partial charge on any atom is -0.488 e. The summed E-state index contributed by atoms with van der Waals surface area (Å²) in [5.41, 5.74) is 6.49. The van der Waals surface area contributed by atoms with E-state index in [-0.39, 0.29) is 5.91 Å². The summed E-state index contributed by atoms with van der Waals surface area (Å²) in [6, 6.07) is 28.9. The van der Waals surface area contributed by atoms with Gasteiger partial charge in [0.25, 0.3) is 0 Å². The molecule has 3 aromatic carbocycles. The third-order valence-electron chi connectivity index (χ3n) is 8.68. The van der Waals surface area contributed by atoms with E-state index < -0.39 is 0 Å². The maximum atomic E-state index is 13.0. The lowest BCUT2D eigenvalue weighted by atomic mass is 10.1. The molecule has 5 aromatic rings. The number of nitriles is 1. The van der Waals surface area contributed by atoms with Crippen LogP contribution in [0.3, 0.4) is 0 Å². The molecule has 1 saturated heterocycles. The molecule has 0 atom stereocenters. The zero-order chi connectivity index (χ0) is 37.0. The molecule has 1 aliphatic rings. The Kier molecular flexibility index (Phi) is 12.5. The number of benzene rings is 3. The highest BCUT2D eigenvalue weighted by molar-refractivity contribution is 6.32. The second-order valence-corrected chi connectivity index (χ2v) is 13.1. The molecule has 6 rings (SSSR count). The Hall–Kier alpha value is -5.95. The first kappa shape index (κ1) is 36.8. The second-order valence-electron chi connectivity index (χ2n) is 12.7. The molecule has 53 heavy (non-hydrogen) atoms. The summed E-state index contributed by atoms with van der Waals surface area (Å²) in [5, 5.41) is 9.37. The number of pyridine rings is 2. The number of aromatic nitrogens is 2. The molecule has 1 aliphatic heterocycles. The van der Waals surface area contributed by atoms with Crippen LogP contribution in [-0.2, 0) is 17.9 Å². The molecule has 0 radical (unpaired) electrons. The van der Waals surface area contributed by atoms with E-state index in [1.165, 1.54) is 5.56 Å².